The topological polar surface area (TPSA) is 97.0 Å². The van der Waals surface area contributed by atoms with E-state index in [4.69, 9.17) is 9.47 Å². The fraction of sp³-hybridized carbons (Fsp3) is 0.500. The van der Waals surface area contributed by atoms with Crippen LogP contribution in [0.5, 0.6) is 0 Å². The minimum Gasteiger partial charge on any atom is -0.385 e. The molecule has 8 nitrogen and oxygen atoms in total. The van der Waals surface area contributed by atoms with Crippen molar-refractivity contribution in [3.63, 3.8) is 0 Å². The SMILES string of the molecule is COCCCN1C(=O)c2ccc(NC(=O)NCC3CCCO3)cc2C1=O. The van der Waals surface area contributed by atoms with E-state index in [-0.39, 0.29) is 23.9 Å². The normalized spacial score (nSPS) is 19.0. The van der Waals surface area contributed by atoms with Crippen molar-refractivity contribution in [2.75, 3.05) is 38.7 Å². The quantitative estimate of drug-likeness (QED) is 0.568. The number of rotatable bonds is 7. The van der Waals surface area contributed by atoms with Crippen molar-refractivity contribution >= 4 is 23.5 Å². The van der Waals surface area contributed by atoms with E-state index in [1.807, 2.05) is 0 Å². The summed E-state index contributed by atoms with van der Waals surface area (Å²) in [4.78, 5) is 38.0. The van der Waals surface area contributed by atoms with E-state index in [9.17, 15) is 14.4 Å². The maximum atomic E-state index is 12.5. The van der Waals surface area contributed by atoms with E-state index in [0.717, 1.165) is 19.4 Å². The van der Waals surface area contributed by atoms with Crippen molar-refractivity contribution in [1.82, 2.24) is 10.2 Å². The minimum absolute atomic E-state index is 0.0561. The second kappa shape index (κ2) is 8.29. The van der Waals surface area contributed by atoms with Crippen molar-refractivity contribution in [2.45, 2.75) is 25.4 Å². The Morgan fingerprint density at radius 3 is 2.85 bits per heavy atom. The van der Waals surface area contributed by atoms with Crippen LogP contribution in [0.4, 0.5) is 10.5 Å². The molecule has 0 aliphatic carbocycles. The molecule has 0 radical (unpaired) electrons. The minimum atomic E-state index is -0.367. The summed E-state index contributed by atoms with van der Waals surface area (Å²) in [5.41, 5.74) is 1.13. The smallest absolute Gasteiger partial charge is 0.319 e. The number of methoxy groups -OCH3 is 1. The summed E-state index contributed by atoms with van der Waals surface area (Å²) in [7, 11) is 1.57. The zero-order chi connectivity index (χ0) is 18.5. The van der Waals surface area contributed by atoms with Gasteiger partial charge in [-0.15, -0.1) is 0 Å². The Morgan fingerprint density at radius 2 is 2.12 bits per heavy atom. The van der Waals surface area contributed by atoms with E-state index in [1.165, 1.54) is 11.0 Å². The molecule has 3 rings (SSSR count). The van der Waals surface area contributed by atoms with Crippen molar-refractivity contribution < 1.29 is 23.9 Å². The first-order valence-electron chi connectivity index (χ1n) is 8.76. The third-order valence-corrected chi connectivity index (χ3v) is 4.47. The molecule has 2 heterocycles. The molecule has 1 aromatic carbocycles. The lowest BCUT2D eigenvalue weighted by Crippen LogP contribution is -2.35. The van der Waals surface area contributed by atoms with Crippen LogP contribution in [0.15, 0.2) is 18.2 Å². The highest BCUT2D eigenvalue weighted by atomic mass is 16.5. The Morgan fingerprint density at radius 1 is 1.31 bits per heavy atom. The first-order valence-corrected chi connectivity index (χ1v) is 8.76. The summed E-state index contributed by atoms with van der Waals surface area (Å²) in [6.07, 6.45) is 2.59. The molecule has 26 heavy (non-hydrogen) atoms. The lowest BCUT2D eigenvalue weighted by Gasteiger charge is -2.12. The van der Waals surface area contributed by atoms with Crippen LogP contribution in [0.3, 0.4) is 0 Å². The van der Waals surface area contributed by atoms with Gasteiger partial charge in [-0.05, 0) is 37.5 Å². The molecular weight excluding hydrogens is 338 g/mol. The van der Waals surface area contributed by atoms with E-state index >= 15 is 0 Å². The van der Waals surface area contributed by atoms with Crippen LogP contribution in [0.2, 0.25) is 0 Å². The summed E-state index contributed by atoms with van der Waals surface area (Å²) < 4.78 is 10.4. The molecule has 2 aliphatic heterocycles. The summed E-state index contributed by atoms with van der Waals surface area (Å²) in [5.74, 6) is -0.653. The zero-order valence-electron chi connectivity index (χ0n) is 14.7. The molecule has 1 aromatic rings. The molecule has 1 fully saturated rings. The van der Waals surface area contributed by atoms with Gasteiger partial charge >= 0.3 is 6.03 Å². The number of nitrogens with one attached hydrogen (secondary N) is 2. The monoisotopic (exact) mass is 361 g/mol. The van der Waals surface area contributed by atoms with Crippen LogP contribution in [0.1, 0.15) is 40.0 Å². The van der Waals surface area contributed by atoms with E-state index in [1.54, 1.807) is 19.2 Å². The largest absolute Gasteiger partial charge is 0.385 e. The molecule has 1 saturated heterocycles. The Bertz CT molecular complexity index is 700. The van der Waals surface area contributed by atoms with Crippen LogP contribution < -0.4 is 10.6 Å². The molecule has 1 unspecified atom stereocenters. The fourth-order valence-corrected chi connectivity index (χ4v) is 3.13. The van der Waals surface area contributed by atoms with Crippen molar-refractivity contribution in [3.05, 3.63) is 29.3 Å². The van der Waals surface area contributed by atoms with Gasteiger partial charge in [0, 0.05) is 39.1 Å². The number of urea groups is 1. The predicted octanol–water partition coefficient (Wildman–Crippen LogP) is 1.62. The molecule has 2 aliphatic rings. The third kappa shape index (κ3) is 4.03. The molecule has 0 bridgehead atoms. The Labute approximate surface area is 151 Å². The van der Waals surface area contributed by atoms with Gasteiger partial charge in [0.15, 0.2) is 0 Å². The fourth-order valence-electron chi connectivity index (χ4n) is 3.13. The van der Waals surface area contributed by atoms with Crippen LogP contribution in [0, 0.1) is 0 Å². The zero-order valence-corrected chi connectivity index (χ0v) is 14.7. The third-order valence-electron chi connectivity index (χ3n) is 4.47. The summed E-state index contributed by atoms with van der Waals surface area (Å²) in [6.45, 7) is 1.97. The van der Waals surface area contributed by atoms with Gasteiger partial charge in [-0.1, -0.05) is 0 Å². The number of hydrogen-bond acceptors (Lipinski definition) is 5. The van der Waals surface area contributed by atoms with Crippen LogP contribution in [0.25, 0.3) is 0 Å². The second-order valence-corrected chi connectivity index (χ2v) is 6.34. The molecule has 4 amide bonds. The van der Waals surface area contributed by atoms with Gasteiger partial charge in [0.1, 0.15) is 0 Å². The van der Waals surface area contributed by atoms with Gasteiger partial charge in [-0.25, -0.2) is 4.79 Å². The summed E-state index contributed by atoms with van der Waals surface area (Å²) in [6, 6.07) is 4.36. The van der Waals surface area contributed by atoms with Gasteiger partial charge < -0.3 is 20.1 Å². The number of benzene rings is 1. The highest BCUT2D eigenvalue weighted by Crippen LogP contribution is 2.26. The lowest BCUT2D eigenvalue weighted by atomic mass is 10.1. The average Bonchev–Trinajstić information content (AvgIpc) is 3.23. The standard InChI is InChI=1S/C18H23N3O5/c1-25-8-3-7-21-16(22)14-6-5-12(10-15(14)17(21)23)20-18(24)19-11-13-4-2-9-26-13/h5-6,10,13H,2-4,7-9,11H2,1H3,(H2,19,20,24). The van der Waals surface area contributed by atoms with E-state index in [0.29, 0.717) is 42.9 Å². The number of carbonyl (C=O) groups is 3. The van der Waals surface area contributed by atoms with Crippen LogP contribution >= 0.6 is 0 Å². The molecule has 0 saturated carbocycles. The van der Waals surface area contributed by atoms with Crippen molar-refractivity contribution in [1.29, 1.82) is 0 Å². The molecule has 0 spiro atoms. The number of imide groups is 1. The molecule has 140 valence electrons. The Balaban J connectivity index is 1.59. The van der Waals surface area contributed by atoms with Crippen molar-refractivity contribution in [3.8, 4) is 0 Å². The average molecular weight is 361 g/mol. The van der Waals surface area contributed by atoms with E-state index < -0.39 is 0 Å². The first kappa shape index (κ1) is 18.3. The number of anilines is 1. The molecule has 8 heteroatoms. The van der Waals surface area contributed by atoms with Gasteiger partial charge in [0.25, 0.3) is 11.8 Å². The Kier molecular flexibility index (Phi) is 5.85. The number of amides is 4. The number of nitrogens with zero attached hydrogens (tertiary/aromatic N) is 1. The Hall–Kier alpha value is -2.45. The predicted molar refractivity (Wildman–Crippen MR) is 94.3 cm³/mol. The molecule has 2 N–H and O–H groups in total. The number of fused-ring (bicyclic) bond motifs is 1. The highest BCUT2D eigenvalue weighted by Gasteiger charge is 2.35. The molecule has 1 atom stereocenters. The number of hydrogen-bond donors (Lipinski definition) is 2. The lowest BCUT2D eigenvalue weighted by molar-refractivity contribution is 0.0638. The van der Waals surface area contributed by atoms with Gasteiger partial charge in [-0.3, -0.25) is 14.5 Å². The van der Waals surface area contributed by atoms with Crippen LogP contribution in [-0.2, 0) is 9.47 Å². The van der Waals surface area contributed by atoms with Crippen molar-refractivity contribution in [2.24, 2.45) is 0 Å². The number of ether oxygens (including phenoxy) is 2. The number of carbonyl (C=O) groups excluding carboxylic acids is 3. The molecule has 0 aromatic heterocycles. The summed E-state index contributed by atoms with van der Waals surface area (Å²) in [5, 5.41) is 5.44. The maximum absolute atomic E-state index is 12.5. The molecular formula is C18H23N3O5. The first-order chi connectivity index (χ1) is 12.6. The summed E-state index contributed by atoms with van der Waals surface area (Å²) >= 11 is 0. The second-order valence-electron chi connectivity index (χ2n) is 6.34. The highest BCUT2D eigenvalue weighted by molar-refractivity contribution is 6.21. The maximum Gasteiger partial charge on any atom is 0.319 e. The van der Waals surface area contributed by atoms with Crippen LogP contribution in [-0.4, -0.2) is 62.3 Å². The van der Waals surface area contributed by atoms with E-state index in [2.05, 4.69) is 10.6 Å². The van der Waals surface area contributed by atoms with Gasteiger partial charge in [0.2, 0.25) is 0 Å². The van der Waals surface area contributed by atoms with Gasteiger partial charge in [0.05, 0.1) is 17.2 Å². The van der Waals surface area contributed by atoms with Gasteiger partial charge in [-0.2, -0.15) is 0 Å².